The molecule has 0 unspecified atom stereocenters. The van der Waals surface area contributed by atoms with Crippen LogP contribution in [0.5, 0.6) is 0 Å². The zero-order valence-electron chi connectivity index (χ0n) is 23.2. The van der Waals surface area contributed by atoms with Gasteiger partial charge in [0.25, 0.3) is 5.91 Å². The molecule has 0 saturated carbocycles. The third-order valence-electron chi connectivity index (χ3n) is 6.46. The van der Waals surface area contributed by atoms with Gasteiger partial charge >= 0.3 is 0 Å². The lowest BCUT2D eigenvalue weighted by Crippen LogP contribution is -2.46. The molecule has 206 valence electrons. The number of ether oxygens (including phenoxy) is 1. The van der Waals surface area contributed by atoms with Gasteiger partial charge in [-0.15, -0.1) is 0 Å². The summed E-state index contributed by atoms with van der Waals surface area (Å²) >= 11 is 1.61. The number of nitrogens with zero attached hydrogens (tertiary/aromatic N) is 4. The van der Waals surface area contributed by atoms with Crippen LogP contribution in [-0.2, 0) is 17.1 Å². The number of benzene rings is 2. The molecule has 2 aromatic carbocycles. The Kier molecular flexibility index (Phi) is 10.9. The molecule has 8 heteroatoms. The summed E-state index contributed by atoms with van der Waals surface area (Å²) in [6, 6.07) is 20.2. The van der Waals surface area contributed by atoms with Crippen molar-refractivity contribution in [2.24, 2.45) is 5.92 Å². The number of aromatic nitrogens is 2. The summed E-state index contributed by atoms with van der Waals surface area (Å²) < 4.78 is 5.38. The highest BCUT2D eigenvalue weighted by Crippen LogP contribution is 2.24. The molecule has 1 aliphatic heterocycles. The second kappa shape index (κ2) is 14.8. The van der Waals surface area contributed by atoms with Crippen LogP contribution in [0.2, 0.25) is 0 Å². The van der Waals surface area contributed by atoms with E-state index in [9.17, 15) is 4.79 Å². The summed E-state index contributed by atoms with van der Waals surface area (Å²) in [5.41, 5.74) is 3.92. The van der Waals surface area contributed by atoms with Crippen molar-refractivity contribution < 1.29 is 9.53 Å². The van der Waals surface area contributed by atoms with E-state index in [1.807, 2.05) is 36.4 Å². The monoisotopic (exact) mass is 545 g/mol. The third kappa shape index (κ3) is 9.20. The minimum Gasteiger partial charge on any atom is -0.378 e. The fourth-order valence-corrected chi connectivity index (χ4v) is 5.10. The van der Waals surface area contributed by atoms with Crippen molar-refractivity contribution in [3.8, 4) is 0 Å². The standard InChI is InChI=1S/C31H39N5O2S/c1-24(2)21-32-30(37)27-13-11-26(12-14-27)23-39-31-33-28(22-38-3)20-29(34-31)36-18-16-35(17-19-36)15-7-10-25-8-5-4-6-9-25/h4-14,20,24H,15-19,21-23H2,1-3H3,(H,32,37)/b10-7+. The number of carbonyl (C=O) groups is 1. The topological polar surface area (TPSA) is 70.6 Å². The summed E-state index contributed by atoms with van der Waals surface area (Å²) in [6.07, 6.45) is 4.43. The van der Waals surface area contributed by atoms with E-state index in [0.717, 1.165) is 60.7 Å². The number of nitrogens with one attached hydrogen (secondary N) is 1. The van der Waals surface area contributed by atoms with E-state index in [4.69, 9.17) is 14.7 Å². The van der Waals surface area contributed by atoms with Crippen LogP contribution in [-0.4, -0.2) is 67.2 Å². The van der Waals surface area contributed by atoms with Crippen LogP contribution in [0.3, 0.4) is 0 Å². The van der Waals surface area contributed by atoms with Crippen LogP contribution in [0.15, 0.2) is 71.9 Å². The van der Waals surface area contributed by atoms with Gasteiger partial charge in [0.1, 0.15) is 5.82 Å². The Hall–Kier alpha value is -3.20. The average Bonchev–Trinajstić information content (AvgIpc) is 2.96. The van der Waals surface area contributed by atoms with Crippen LogP contribution in [0.4, 0.5) is 5.82 Å². The Morgan fingerprint density at radius 1 is 1.05 bits per heavy atom. The van der Waals surface area contributed by atoms with Gasteiger partial charge in [0.05, 0.1) is 12.3 Å². The Balaban J connectivity index is 1.32. The lowest BCUT2D eigenvalue weighted by Gasteiger charge is -2.35. The van der Waals surface area contributed by atoms with E-state index >= 15 is 0 Å². The quantitative estimate of drug-likeness (QED) is 0.250. The molecule has 1 fully saturated rings. The van der Waals surface area contributed by atoms with Gasteiger partial charge in [0, 0.05) is 63.8 Å². The van der Waals surface area contributed by atoms with Crippen molar-refractivity contribution in [2.75, 3.05) is 51.3 Å². The van der Waals surface area contributed by atoms with Gasteiger partial charge < -0.3 is 15.0 Å². The minimum atomic E-state index is -0.0320. The molecule has 0 atom stereocenters. The normalized spacial score (nSPS) is 14.3. The lowest BCUT2D eigenvalue weighted by atomic mass is 10.1. The highest BCUT2D eigenvalue weighted by molar-refractivity contribution is 7.98. The molecule has 0 bridgehead atoms. The van der Waals surface area contributed by atoms with Crippen molar-refractivity contribution >= 4 is 29.6 Å². The van der Waals surface area contributed by atoms with Crippen LogP contribution in [0.1, 0.15) is 41.0 Å². The maximum atomic E-state index is 12.3. The molecule has 1 aliphatic rings. The van der Waals surface area contributed by atoms with Crippen LogP contribution in [0, 0.1) is 5.92 Å². The van der Waals surface area contributed by atoms with Gasteiger partial charge in [-0.2, -0.15) is 0 Å². The summed E-state index contributed by atoms with van der Waals surface area (Å²) in [6.45, 7) is 10.1. The minimum absolute atomic E-state index is 0.0320. The molecule has 1 N–H and O–H groups in total. The molecule has 2 heterocycles. The van der Waals surface area contributed by atoms with Gasteiger partial charge in [-0.05, 0) is 29.2 Å². The van der Waals surface area contributed by atoms with Crippen LogP contribution >= 0.6 is 11.8 Å². The number of piperazine rings is 1. The van der Waals surface area contributed by atoms with E-state index in [2.05, 4.69) is 65.4 Å². The van der Waals surface area contributed by atoms with Crippen molar-refractivity contribution in [1.82, 2.24) is 20.2 Å². The van der Waals surface area contributed by atoms with Gasteiger partial charge in [0.15, 0.2) is 5.16 Å². The van der Waals surface area contributed by atoms with E-state index in [1.54, 1.807) is 18.9 Å². The zero-order valence-corrected chi connectivity index (χ0v) is 24.0. The highest BCUT2D eigenvalue weighted by Gasteiger charge is 2.19. The molecule has 1 amide bonds. The van der Waals surface area contributed by atoms with Crippen molar-refractivity contribution in [3.63, 3.8) is 0 Å². The number of amides is 1. The summed E-state index contributed by atoms with van der Waals surface area (Å²) in [5, 5.41) is 3.71. The first kappa shape index (κ1) is 28.8. The SMILES string of the molecule is COCc1cc(N2CCN(C/C=C/c3ccccc3)CC2)nc(SCc2ccc(C(=O)NCC(C)C)cc2)n1. The Bertz CT molecular complexity index is 1210. The van der Waals surface area contributed by atoms with Crippen LogP contribution < -0.4 is 10.2 Å². The molecule has 1 saturated heterocycles. The van der Waals surface area contributed by atoms with E-state index in [0.29, 0.717) is 24.6 Å². The highest BCUT2D eigenvalue weighted by atomic mass is 32.2. The number of rotatable bonds is 12. The van der Waals surface area contributed by atoms with Crippen LogP contribution in [0.25, 0.3) is 6.08 Å². The molecular weight excluding hydrogens is 506 g/mol. The maximum absolute atomic E-state index is 12.3. The maximum Gasteiger partial charge on any atom is 0.251 e. The predicted molar refractivity (Wildman–Crippen MR) is 160 cm³/mol. The molecule has 4 rings (SSSR count). The molecular formula is C31H39N5O2S. The fraction of sp³-hybridized carbons (Fsp3) is 0.387. The molecule has 0 aliphatic carbocycles. The second-order valence-corrected chi connectivity index (χ2v) is 11.1. The third-order valence-corrected chi connectivity index (χ3v) is 7.38. The van der Waals surface area contributed by atoms with E-state index < -0.39 is 0 Å². The Morgan fingerprint density at radius 2 is 1.79 bits per heavy atom. The van der Waals surface area contributed by atoms with Crippen molar-refractivity contribution in [3.05, 3.63) is 89.1 Å². The molecule has 39 heavy (non-hydrogen) atoms. The zero-order chi connectivity index (χ0) is 27.5. The largest absolute Gasteiger partial charge is 0.378 e. The van der Waals surface area contributed by atoms with Gasteiger partial charge in [-0.25, -0.2) is 9.97 Å². The number of hydrogen-bond donors (Lipinski definition) is 1. The first-order valence-electron chi connectivity index (χ1n) is 13.6. The smallest absolute Gasteiger partial charge is 0.251 e. The fourth-order valence-electron chi connectivity index (χ4n) is 4.27. The van der Waals surface area contributed by atoms with Gasteiger partial charge in [0.2, 0.25) is 0 Å². The van der Waals surface area contributed by atoms with Gasteiger partial charge in [-0.3, -0.25) is 9.69 Å². The Labute approximate surface area is 236 Å². The van der Waals surface area contributed by atoms with E-state index in [1.165, 1.54) is 5.56 Å². The second-order valence-electron chi connectivity index (χ2n) is 10.1. The average molecular weight is 546 g/mol. The number of anilines is 1. The predicted octanol–water partition coefficient (Wildman–Crippen LogP) is 5.14. The molecule has 3 aromatic rings. The van der Waals surface area contributed by atoms with E-state index in [-0.39, 0.29) is 5.91 Å². The number of methoxy groups -OCH3 is 1. The van der Waals surface area contributed by atoms with Crippen molar-refractivity contribution in [2.45, 2.75) is 31.4 Å². The van der Waals surface area contributed by atoms with Gasteiger partial charge in [-0.1, -0.05) is 80.2 Å². The summed E-state index contributed by atoms with van der Waals surface area (Å²) in [4.78, 5) is 26.7. The lowest BCUT2D eigenvalue weighted by molar-refractivity contribution is 0.0949. The molecule has 1 aromatic heterocycles. The molecule has 0 spiro atoms. The number of thioether (sulfide) groups is 1. The molecule has 0 radical (unpaired) electrons. The first-order chi connectivity index (χ1) is 19.0. The van der Waals surface area contributed by atoms with Crippen molar-refractivity contribution in [1.29, 1.82) is 0 Å². The first-order valence-corrected chi connectivity index (χ1v) is 14.5. The number of hydrogen-bond acceptors (Lipinski definition) is 7. The summed E-state index contributed by atoms with van der Waals surface area (Å²) in [5.74, 6) is 2.08. The Morgan fingerprint density at radius 3 is 2.49 bits per heavy atom. The number of carbonyl (C=O) groups excluding carboxylic acids is 1. The molecule has 7 nitrogen and oxygen atoms in total. The summed E-state index contributed by atoms with van der Waals surface area (Å²) in [7, 11) is 1.69.